The maximum Gasteiger partial charge on any atom is 0.253 e. The van der Waals surface area contributed by atoms with E-state index in [9.17, 15) is 9.59 Å². The number of carbonyl (C=O) groups excluding carboxylic acids is 1. The van der Waals surface area contributed by atoms with Gasteiger partial charge in [-0.3, -0.25) is 9.59 Å². The van der Waals surface area contributed by atoms with Crippen molar-refractivity contribution in [1.82, 2.24) is 4.57 Å². The van der Waals surface area contributed by atoms with Crippen LogP contribution in [0.15, 0.2) is 59.5 Å². The first-order chi connectivity index (χ1) is 13.5. The highest BCUT2D eigenvalue weighted by Crippen LogP contribution is 2.33. The van der Waals surface area contributed by atoms with Crippen molar-refractivity contribution in [1.29, 1.82) is 0 Å². The van der Waals surface area contributed by atoms with Crippen molar-refractivity contribution in [2.75, 3.05) is 5.32 Å². The van der Waals surface area contributed by atoms with Gasteiger partial charge >= 0.3 is 0 Å². The summed E-state index contributed by atoms with van der Waals surface area (Å²) in [5, 5.41) is 3.54. The Morgan fingerprint density at radius 2 is 1.79 bits per heavy atom. The van der Waals surface area contributed by atoms with Crippen molar-refractivity contribution in [3.05, 3.63) is 87.3 Å². The molecular formula is C24H24N2O2. The molecule has 1 aliphatic rings. The Bertz CT molecular complexity index is 1070. The molecule has 142 valence electrons. The van der Waals surface area contributed by atoms with Gasteiger partial charge in [0.1, 0.15) is 5.78 Å². The number of ketones is 1. The molecule has 0 atom stereocenters. The topological polar surface area (TPSA) is 51.1 Å². The summed E-state index contributed by atoms with van der Waals surface area (Å²) in [7, 11) is 1.78. The zero-order chi connectivity index (χ0) is 19.7. The molecule has 0 unspecified atom stereocenters. The number of rotatable bonds is 4. The minimum atomic E-state index is 0.0229. The summed E-state index contributed by atoms with van der Waals surface area (Å²) in [6.07, 6.45) is 3.73. The van der Waals surface area contributed by atoms with Crippen molar-refractivity contribution < 1.29 is 4.79 Å². The highest BCUT2D eigenvalue weighted by atomic mass is 16.1. The van der Waals surface area contributed by atoms with Gasteiger partial charge in [-0.25, -0.2) is 0 Å². The molecule has 3 aromatic rings. The van der Waals surface area contributed by atoms with E-state index in [1.54, 1.807) is 11.6 Å². The summed E-state index contributed by atoms with van der Waals surface area (Å²) < 4.78 is 1.63. The fourth-order valence-electron chi connectivity index (χ4n) is 3.88. The molecule has 0 saturated heterocycles. The highest BCUT2D eigenvalue weighted by Gasteiger charge is 2.20. The third-order valence-corrected chi connectivity index (χ3v) is 5.41. The predicted molar refractivity (Wildman–Crippen MR) is 113 cm³/mol. The summed E-state index contributed by atoms with van der Waals surface area (Å²) in [4.78, 5) is 24.1. The number of fused-ring (bicyclic) bond motifs is 1. The van der Waals surface area contributed by atoms with Crippen LogP contribution in [0.1, 0.15) is 28.7 Å². The molecule has 0 saturated carbocycles. The fourth-order valence-corrected chi connectivity index (χ4v) is 3.88. The molecule has 0 radical (unpaired) electrons. The Kier molecular flexibility index (Phi) is 4.86. The summed E-state index contributed by atoms with van der Waals surface area (Å²) in [5.74, 6) is 0.293. The number of aromatic nitrogens is 1. The maximum atomic E-state index is 12.1. The molecule has 1 aliphatic carbocycles. The first-order valence-electron chi connectivity index (χ1n) is 9.64. The van der Waals surface area contributed by atoms with Crippen molar-refractivity contribution >= 4 is 11.5 Å². The summed E-state index contributed by atoms with van der Waals surface area (Å²) in [6, 6.07) is 16.5. The molecular weight excluding hydrogens is 348 g/mol. The monoisotopic (exact) mass is 372 g/mol. The quantitative estimate of drug-likeness (QED) is 0.752. The van der Waals surface area contributed by atoms with Crippen molar-refractivity contribution in [2.45, 2.75) is 32.7 Å². The molecule has 4 heteroatoms. The van der Waals surface area contributed by atoms with Crippen molar-refractivity contribution in [3.63, 3.8) is 0 Å². The normalized spacial score (nSPS) is 13.3. The third-order valence-electron chi connectivity index (χ3n) is 5.41. The van der Waals surface area contributed by atoms with E-state index in [4.69, 9.17) is 0 Å². The third kappa shape index (κ3) is 3.63. The van der Waals surface area contributed by atoms with E-state index in [0.717, 1.165) is 34.4 Å². The Hall–Kier alpha value is -3.14. The molecule has 0 amide bonds. The second kappa shape index (κ2) is 7.47. The molecule has 1 heterocycles. The smallest absolute Gasteiger partial charge is 0.253 e. The minimum Gasteiger partial charge on any atom is -0.381 e. The van der Waals surface area contributed by atoms with Crippen molar-refractivity contribution in [2.24, 2.45) is 7.05 Å². The highest BCUT2D eigenvalue weighted by molar-refractivity contribution is 5.86. The number of Topliss-reactive ketones (excluding diaryl/α,β-unsaturated/α-hetero) is 1. The zero-order valence-electron chi connectivity index (χ0n) is 16.3. The zero-order valence-corrected chi connectivity index (χ0v) is 16.3. The SMILES string of the molecule is Cc1cc(-c2cc3c(c(NCc4ccccc4)c2)CC(=O)CC3)cn(C)c1=O. The van der Waals surface area contributed by atoms with Crippen LogP contribution in [0.25, 0.3) is 11.1 Å². The molecule has 0 aliphatic heterocycles. The second-order valence-electron chi connectivity index (χ2n) is 7.54. The van der Waals surface area contributed by atoms with Crippen LogP contribution >= 0.6 is 0 Å². The Labute approximate surface area is 164 Å². The average molecular weight is 372 g/mol. The van der Waals surface area contributed by atoms with Crippen LogP contribution < -0.4 is 10.9 Å². The molecule has 1 aromatic heterocycles. The number of nitrogens with one attached hydrogen (secondary N) is 1. The van der Waals surface area contributed by atoms with E-state index >= 15 is 0 Å². The number of hydrogen-bond acceptors (Lipinski definition) is 3. The van der Waals surface area contributed by atoms with Gasteiger partial charge in [0.25, 0.3) is 5.56 Å². The van der Waals surface area contributed by atoms with E-state index < -0.39 is 0 Å². The lowest BCUT2D eigenvalue weighted by Gasteiger charge is -2.22. The molecule has 2 aromatic carbocycles. The Morgan fingerprint density at radius 3 is 2.54 bits per heavy atom. The summed E-state index contributed by atoms with van der Waals surface area (Å²) in [6.45, 7) is 2.55. The van der Waals surface area contributed by atoms with E-state index in [1.807, 2.05) is 37.4 Å². The molecule has 0 bridgehead atoms. The second-order valence-corrected chi connectivity index (χ2v) is 7.54. The van der Waals surface area contributed by atoms with Crippen LogP contribution in [-0.4, -0.2) is 10.4 Å². The van der Waals surface area contributed by atoms with E-state index in [1.165, 1.54) is 11.1 Å². The lowest BCUT2D eigenvalue weighted by molar-refractivity contribution is -0.118. The Balaban J connectivity index is 1.76. The number of nitrogens with zero attached hydrogens (tertiary/aromatic N) is 1. The number of anilines is 1. The largest absolute Gasteiger partial charge is 0.381 e. The molecule has 4 rings (SSSR count). The van der Waals surface area contributed by atoms with Gasteiger partial charge in [0.2, 0.25) is 0 Å². The predicted octanol–water partition coefficient (Wildman–Crippen LogP) is 4.03. The van der Waals surface area contributed by atoms with Gasteiger partial charge in [0.05, 0.1) is 0 Å². The van der Waals surface area contributed by atoms with Crippen LogP contribution in [0, 0.1) is 6.92 Å². The summed E-state index contributed by atoms with van der Waals surface area (Å²) in [5.41, 5.74) is 7.38. The molecule has 1 N–H and O–H groups in total. The van der Waals surface area contributed by atoms with Crippen LogP contribution in [0.3, 0.4) is 0 Å². The molecule has 28 heavy (non-hydrogen) atoms. The Morgan fingerprint density at radius 1 is 1.00 bits per heavy atom. The van der Waals surface area contributed by atoms with E-state index in [-0.39, 0.29) is 5.56 Å². The van der Waals surface area contributed by atoms with E-state index in [2.05, 4.69) is 29.6 Å². The number of carbonyl (C=O) groups is 1. The van der Waals surface area contributed by atoms with Gasteiger partial charge in [-0.15, -0.1) is 0 Å². The van der Waals surface area contributed by atoms with Gasteiger partial charge in [-0.1, -0.05) is 36.4 Å². The lowest BCUT2D eigenvalue weighted by atomic mass is 9.87. The van der Waals surface area contributed by atoms with Gasteiger partial charge in [0, 0.05) is 43.9 Å². The van der Waals surface area contributed by atoms with Gasteiger partial charge in [-0.05, 0) is 53.3 Å². The van der Waals surface area contributed by atoms with Gasteiger partial charge < -0.3 is 9.88 Å². The first-order valence-corrected chi connectivity index (χ1v) is 9.64. The maximum absolute atomic E-state index is 12.1. The van der Waals surface area contributed by atoms with Crippen LogP contribution in [0.2, 0.25) is 0 Å². The summed E-state index contributed by atoms with van der Waals surface area (Å²) >= 11 is 0. The standard InChI is InChI=1S/C24H24N2O2/c1-16-10-20(15-26(2)24(16)28)19-11-18-8-9-21(27)13-22(18)23(12-19)25-14-17-6-4-3-5-7-17/h3-7,10-12,15,25H,8-9,13-14H2,1-2H3. The number of pyridine rings is 1. The van der Waals surface area contributed by atoms with Crippen molar-refractivity contribution in [3.8, 4) is 11.1 Å². The first kappa shape index (κ1) is 18.2. The lowest BCUT2D eigenvalue weighted by Crippen LogP contribution is -2.19. The minimum absolute atomic E-state index is 0.0229. The van der Waals surface area contributed by atoms with Crippen LogP contribution in [0.5, 0.6) is 0 Å². The number of benzene rings is 2. The van der Waals surface area contributed by atoms with Crippen LogP contribution in [-0.2, 0) is 31.2 Å². The van der Waals surface area contributed by atoms with Crippen LogP contribution in [0.4, 0.5) is 5.69 Å². The van der Waals surface area contributed by atoms with Gasteiger partial charge in [0.15, 0.2) is 0 Å². The number of aryl methyl sites for hydroxylation is 3. The average Bonchev–Trinajstić information content (AvgIpc) is 2.70. The number of hydrogen-bond donors (Lipinski definition) is 1. The molecule has 4 nitrogen and oxygen atoms in total. The fraction of sp³-hybridized carbons (Fsp3) is 0.250. The molecule has 0 spiro atoms. The van der Waals surface area contributed by atoms with E-state index in [0.29, 0.717) is 25.2 Å². The molecule has 0 fully saturated rings. The van der Waals surface area contributed by atoms with Gasteiger partial charge in [-0.2, -0.15) is 0 Å².